The Morgan fingerprint density at radius 1 is 1.09 bits per heavy atom. The largest absolute Gasteiger partial charge is 0.573 e. The van der Waals surface area contributed by atoms with Gasteiger partial charge in [-0.1, -0.05) is 0 Å². The number of hydrogen-bond acceptors (Lipinski definition) is 6. The van der Waals surface area contributed by atoms with E-state index < -0.39 is 29.3 Å². The number of aromatic nitrogens is 3. The van der Waals surface area contributed by atoms with E-state index in [-0.39, 0.29) is 35.9 Å². The number of carbonyl (C=O) groups is 1. The highest BCUT2D eigenvalue weighted by Crippen LogP contribution is 2.26. The minimum Gasteiger partial charge on any atom is -0.406 e. The van der Waals surface area contributed by atoms with Crippen LogP contribution in [0.25, 0.3) is 11.2 Å². The van der Waals surface area contributed by atoms with E-state index in [0.29, 0.717) is 18.4 Å². The molecule has 3 aromatic rings. The van der Waals surface area contributed by atoms with E-state index in [1.165, 1.54) is 39.3 Å². The lowest BCUT2D eigenvalue weighted by Crippen LogP contribution is -2.46. The maximum Gasteiger partial charge on any atom is 0.573 e. The van der Waals surface area contributed by atoms with Crippen molar-refractivity contribution in [3.63, 3.8) is 0 Å². The monoisotopic (exact) mass is 473 g/mol. The highest BCUT2D eigenvalue weighted by molar-refractivity contribution is 5.94. The molecule has 0 radical (unpaired) electrons. The second kappa shape index (κ2) is 8.66. The fourth-order valence-corrected chi connectivity index (χ4v) is 4.04. The van der Waals surface area contributed by atoms with Gasteiger partial charge in [0, 0.05) is 31.7 Å². The fraction of sp³-hybridized carbons (Fsp3) is 0.318. The number of amides is 1. The summed E-state index contributed by atoms with van der Waals surface area (Å²) < 4.78 is 43.3. The first kappa shape index (κ1) is 23.0. The Hall–Kier alpha value is -4.14. The number of benzene rings is 1. The summed E-state index contributed by atoms with van der Waals surface area (Å²) in [6, 6.07) is 9.16. The van der Waals surface area contributed by atoms with Crippen molar-refractivity contribution < 1.29 is 22.7 Å². The Morgan fingerprint density at radius 3 is 2.32 bits per heavy atom. The molecule has 9 nitrogen and oxygen atoms in total. The van der Waals surface area contributed by atoms with Crippen molar-refractivity contribution in [1.29, 1.82) is 5.26 Å². The lowest BCUT2D eigenvalue weighted by atomic mass is 10.0. The summed E-state index contributed by atoms with van der Waals surface area (Å²) in [5, 5.41) is 9.19. The molecule has 0 saturated carbocycles. The molecule has 0 bridgehead atoms. The first-order valence-electron chi connectivity index (χ1n) is 10.3. The molecule has 1 aromatic carbocycles. The first-order chi connectivity index (χ1) is 16.1. The van der Waals surface area contributed by atoms with E-state index >= 15 is 0 Å². The SMILES string of the molecule is Cn1c(=O)c(=O)n(C2CCN(C(=O)c3ccc(OC(F)(F)F)cc3)CC2)c2nc(C#N)ccc21. The summed E-state index contributed by atoms with van der Waals surface area (Å²) in [4.78, 5) is 43.8. The molecule has 4 rings (SSSR count). The molecule has 0 atom stereocenters. The third-order valence-electron chi connectivity index (χ3n) is 5.72. The molecule has 12 heteroatoms. The Balaban J connectivity index is 1.55. The zero-order chi connectivity index (χ0) is 24.6. The number of likely N-dealkylation sites (tertiary alicyclic amines) is 1. The van der Waals surface area contributed by atoms with Crippen LogP contribution in [-0.4, -0.2) is 44.4 Å². The van der Waals surface area contributed by atoms with Gasteiger partial charge in [-0.15, -0.1) is 13.2 Å². The summed E-state index contributed by atoms with van der Waals surface area (Å²) >= 11 is 0. The second-order valence-corrected chi connectivity index (χ2v) is 7.79. The Morgan fingerprint density at radius 2 is 1.74 bits per heavy atom. The molecule has 0 N–H and O–H groups in total. The van der Waals surface area contributed by atoms with Gasteiger partial charge in [0.25, 0.3) is 5.91 Å². The molecule has 176 valence electrons. The topological polar surface area (TPSA) is 110 Å². The predicted molar refractivity (Wildman–Crippen MR) is 113 cm³/mol. The quantitative estimate of drug-likeness (QED) is 0.540. The van der Waals surface area contributed by atoms with Gasteiger partial charge in [0.2, 0.25) is 0 Å². The molecule has 1 amide bonds. The number of fused-ring (bicyclic) bond motifs is 1. The average Bonchev–Trinajstić information content (AvgIpc) is 2.82. The van der Waals surface area contributed by atoms with E-state index in [0.717, 1.165) is 12.1 Å². The van der Waals surface area contributed by atoms with Gasteiger partial charge in [0.05, 0.1) is 5.52 Å². The number of carbonyl (C=O) groups excluding carboxylic acids is 1. The number of aryl methyl sites for hydroxylation is 1. The molecular formula is C22H18F3N5O4. The van der Waals surface area contributed by atoms with Crippen LogP contribution < -0.4 is 15.9 Å². The number of piperidine rings is 1. The van der Waals surface area contributed by atoms with Crippen LogP contribution in [0.3, 0.4) is 0 Å². The van der Waals surface area contributed by atoms with Crippen molar-refractivity contribution in [2.45, 2.75) is 25.2 Å². The van der Waals surface area contributed by atoms with Crippen molar-refractivity contribution >= 4 is 17.1 Å². The lowest BCUT2D eigenvalue weighted by molar-refractivity contribution is -0.274. The van der Waals surface area contributed by atoms with Crippen LogP contribution in [0.15, 0.2) is 46.0 Å². The number of ether oxygens (including phenoxy) is 1. The third kappa shape index (κ3) is 4.36. The molecule has 34 heavy (non-hydrogen) atoms. The van der Waals surface area contributed by atoms with Crippen LogP contribution in [-0.2, 0) is 7.05 Å². The van der Waals surface area contributed by atoms with Crippen LogP contribution in [0.2, 0.25) is 0 Å². The molecule has 0 unspecified atom stereocenters. The number of rotatable bonds is 3. The standard InChI is InChI=1S/C22H18F3N5O4/c1-28-17-7-4-14(12-26)27-18(17)30(21(33)20(28)32)15-8-10-29(11-9-15)19(31)13-2-5-16(6-3-13)34-22(23,24)25/h2-7,15H,8-11H2,1H3. The van der Waals surface area contributed by atoms with Crippen LogP contribution >= 0.6 is 0 Å². The minimum atomic E-state index is -4.82. The van der Waals surface area contributed by atoms with E-state index in [1.807, 2.05) is 6.07 Å². The zero-order valence-corrected chi connectivity index (χ0v) is 17.9. The zero-order valence-electron chi connectivity index (χ0n) is 17.9. The van der Waals surface area contributed by atoms with Crippen molar-refractivity contribution in [2.75, 3.05) is 13.1 Å². The molecule has 3 heterocycles. The highest BCUT2D eigenvalue weighted by Gasteiger charge is 2.31. The van der Waals surface area contributed by atoms with Gasteiger partial charge < -0.3 is 14.2 Å². The van der Waals surface area contributed by atoms with Gasteiger partial charge >= 0.3 is 17.5 Å². The van der Waals surface area contributed by atoms with Gasteiger partial charge in [0.1, 0.15) is 17.5 Å². The van der Waals surface area contributed by atoms with E-state index in [4.69, 9.17) is 0 Å². The normalized spacial score (nSPS) is 14.7. The molecule has 1 saturated heterocycles. The first-order valence-corrected chi connectivity index (χ1v) is 10.3. The summed E-state index contributed by atoms with van der Waals surface area (Å²) in [7, 11) is 1.45. The van der Waals surface area contributed by atoms with Crippen molar-refractivity contribution in [3.05, 3.63) is 68.4 Å². The number of alkyl halides is 3. The van der Waals surface area contributed by atoms with Crippen LogP contribution in [0.5, 0.6) is 5.75 Å². The van der Waals surface area contributed by atoms with Crippen LogP contribution in [0.4, 0.5) is 13.2 Å². The van der Waals surface area contributed by atoms with Crippen molar-refractivity contribution in [2.24, 2.45) is 7.05 Å². The van der Waals surface area contributed by atoms with Crippen LogP contribution in [0.1, 0.15) is 34.9 Å². The molecule has 2 aromatic heterocycles. The van der Waals surface area contributed by atoms with Crippen molar-refractivity contribution in [3.8, 4) is 11.8 Å². The summed E-state index contributed by atoms with van der Waals surface area (Å²) in [6.45, 7) is 0.511. The predicted octanol–water partition coefficient (Wildman–Crippen LogP) is 2.34. The number of hydrogen-bond donors (Lipinski definition) is 0. The molecule has 1 fully saturated rings. The van der Waals surface area contributed by atoms with Crippen molar-refractivity contribution in [1.82, 2.24) is 19.0 Å². The number of nitriles is 1. The third-order valence-corrected chi connectivity index (χ3v) is 5.72. The molecule has 1 aliphatic heterocycles. The average molecular weight is 473 g/mol. The summed E-state index contributed by atoms with van der Waals surface area (Å²) in [5.74, 6) is -0.799. The van der Waals surface area contributed by atoms with E-state index in [2.05, 4.69) is 9.72 Å². The molecular weight excluding hydrogens is 455 g/mol. The van der Waals surface area contributed by atoms with Gasteiger partial charge in [-0.25, -0.2) is 4.98 Å². The Bertz CT molecular complexity index is 1410. The number of nitrogens with zero attached hydrogens (tertiary/aromatic N) is 5. The Labute approximate surface area is 190 Å². The second-order valence-electron chi connectivity index (χ2n) is 7.79. The maximum atomic E-state index is 12.8. The van der Waals surface area contributed by atoms with E-state index in [1.54, 1.807) is 6.07 Å². The lowest BCUT2D eigenvalue weighted by Gasteiger charge is -2.33. The summed E-state index contributed by atoms with van der Waals surface area (Å²) in [6.07, 6.45) is -4.12. The summed E-state index contributed by atoms with van der Waals surface area (Å²) in [5.41, 5.74) is -0.560. The van der Waals surface area contributed by atoms with Crippen LogP contribution in [0, 0.1) is 11.3 Å². The van der Waals surface area contributed by atoms with Gasteiger partial charge in [0.15, 0.2) is 5.65 Å². The van der Waals surface area contributed by atoms with E-state index in [9.17, 15) is 32.8 Å². The van der Waals surface area contributed by atoms with Gasteiger partial charge in [-0.3, -0.25) is 19.0 Å². The number of pyridine rings is 1. The highest BCUT2D eigenvalue weighted by atomic mass is 19.4. The number of halogens is 3. The maximum absolute atomic E-state index is 12.8. The molecule has 1 aliphatic rings. The van der Waals surface area contributed by atoms with Gasteiger partial charge in [-0.05, 0) is 49.2 Å². The minimum absolute atomic E-state index is 0.102. The molecule has 0 aliphatic carbocycles. The van der Waals surface area contributed by atoms with Gasteiger partial charge in [-0.2, -0.15) is 5.26 Å². The fourth-order valence-electron chi connectivity index (χ4n) is 4.04. The molecule has 0 spiro atoms. The Kier molecular flexibility index (Phi) is 5.87. The smallest absolute Gasteiger partial charge is 0.406 e.